The molecule has 26 heavy (non-hydrogen) atoms. The average Bonchev–Trinajstić information content (AvgIpc) is 2.59. The van der Waals surface area contributed by atoms with E-state index < -0.39 is 11.5 Å². The van der Waals surface area contributed by atoms with E-state index in [0.29, 0.717) is 12.0 Å². The highest BCUT2D eigenvalue weighted by molar-refractivity contribution is 6.55. The first-order valence-electron chi connectivity index (χ1n) is 8.19. The third kappa shape index (κ3) is 3.81. The van der Waals surface area contributed by atoms with Crippen LogP contribution in [0, 0.1) is 6.92 Å². The van der Waals surface area contributed by atoms with Crippen LogP contribution in [0.1, 0.15) is 46.1 Å². The molecule has 4 nitrogen and oxygen atoms in total. The van der Waals surface area contributed by atoms with E-state index in [1.54, 1.807) is 19.2 Å². The van der Waals surface area contributed by atoms with Gasteiger partial charge in [0.25, 0.3) is 0 Å². The first kappa shape index (κ1) is 18.6. The number of carboxylic acid groups (broad SMARTS) is 1. The molecule has 1 N–H and O–H groups in total. The Morgan fingerprint density at radius 2 is 2.08 bits per heavy atom. The number of pyridine rings is 1. The molecule has 0 bridgehead atoms. The predicted octanol–water partition coefficient (Wildman–Crippen LogP) is 4.95. The van der Waals surface area contributed by atoms with Gasteiger partial charge in [-0.15, -0.1) is 0 Å². The summed E-state index contributed by atoms with van der Waals surface area (Å²) in [5.74, 6) is -1.04. The molecule has 3 rings (SSSR count). The minimum Gasteiger partial charge on any atom is -0.477 e. The van der Waals surface area contributed by atoms with E-state index in [2.05, 4.69) is 18.0 Å². The maximum atomic E-state index is 11.2. The topological polar surface area (TPSA) is 62.5 Å². The van der Waals surface area contributed by atoms with E-state index in [9.17, 15) is 9.90 Å². The van der Waals surface area contributed by atoms with E-state index in [-0.39, 0.29) is 10.2 Å². The molecule has 2 aromatic rings. The zero-order valence-corrected chi connectivity index (χ0v) is 16.0. The molecule has 1 aliphatic heterocycles. The van der Waals surface area contributed by atoms with Crippen molar-refractivity contribution in [2.24, 2.45) is 4.99 Å². The highest BCUT2D eigenvalue weighted by Gasteiger charge is 2.31. The lowest BCUT2D eigenvalue weighted by atomic mass is 9.82. The van der Waals surface area contributed by atoms with E-state index in [4.69, 9.17) is 28.2 Å². The summed E-state index contributed by atoms with van der Waals surface area (Å²) in [6, 6.07) is 9.91. The van der Waals surface area contributed by atoms with E-state index >= 15 is 0 Å². The quantitative estimate of drug-likeness (QED) is 0.805. The van der Waals surface area contributed by atoms with Crippen molar-refractivity contribution in [3.63, 3.8) is 0 Å². The molecule has 0 radical (unpaired) electrons. The Hall–Kier alpha value is -2.17. The molecule has 1 aromatic heterocycles. The number of rotatable bonds is 4. The van der Waals surface area contributed by atoms with Crippen LogP contribution in [0.3, 0.4) is 0 Å². The van der Waals surface area contributed by atoms with Crippen molar-refractivity contribution < 1.29 is 9.90 Å². The van der Waals surface area contributed by atoms with Gasteiger partial charge in [-0.2, -0.15) is 0 Å². The summed E-state index contributed by atoms with van der Waals surface area (Å²) >= 11 is 11.6. The fourth-order valence-corrected chi connectivity index (χ4v) is 3.40. The Balaban J connectivity index is 2.12. The second-order valence-corrected chi connectivity index (χ2v) is 7.69. The Morgan fingerprint density at radius 3 is 2.73 bits per heavy atom. The molecule has 1 unspecified atom stereocenters. The van der Waals surface area contributed by atoms with Crippen molar-refractivity contribution in [3.8, 4) is 0 Å². The summed E-state index contributed by atoms with van der Waals surface area (Å²) in [7, 11) is 0. The summed E-state index contributed by atoms with van der Waals surface area (Å²) in [6.07, 6.45) is 4.70. The lowest BCUT2D eigenvalue weighted by molar-refractivity contribution is 0.0689. The third-order valence-electron chi connectivity index (χ3n) is 4.48. The monoisotopic (exact) mass is 388 g/mol. The highest BCUT2D eigenvalue weighted by atomic mass is 35.5. The maximum absolute atomic E-state index is 11.2. The summed E-state index contributed by atoms with van der Waals surface area (Å²) < 4.78 is 0.227. The zero-order chi connectivity index (χ0) is 18.9. The normalized spacial score (nSPS) is 18.7. The number of fused-ring (bicyclic) bond motifs is 1. The predicted molar refractivity (Wildman–Crippen MR) is 105 cm³/mol. The third-order valence-corrected chi connectivity index (χ3v) is 4.78. The van der Waals surface area contributed by atoms with Gasteiger partial charge in [-0.1, -0.05) is 53.5 Å². The minimum absolute atomic E-state index is 0.0538. The molecule has 0 fully saturated rings. The Bertz CT molecular complexity index is 933. The number of halogens is 2. The maximum Gasteiger partial charge on any atom is 0.354 e. The van der Waals surface area contributed by atoms with Crippen molar-refractivity contribution in [2.45, 2.75) is 32.2 Å². The fraction of sp³-hybridized carbons (Fsp3) is 0.250. The molecular weight excluding hydrogens is 371 g/mol. The molecule has 2 heterocycles. The van der Waals surface area contributed by atoms with Crippen LogP contribution in [0.25, 0.3) is 0 Å². The molecule has 0 amide bonds. The minimum atomic E-state index is -1.04. The lowest BCUT2D eigenvalue weighted by Crippen LogP contribution is -2.32. The van der Waals surface area contributed by atoms with Crippen molar-refractivity contribution in [1.29, 1.82) is 0 Å². The van der Waals surface area contributed by atoms with Crippen LogP contribution in [0.15, 0.2) is 52.1 Å². The van der Waals surface area contributed by atoms with E-state index in [1.807, 2.05) is 24.3 Å². The molecule has 1 atom stereocenters. The van der Waals surface area contributed by atoms with Crippen LogP contribution in [0.4, 0.5) is 0 Å². The number of benzene rings is 1. The number of hydrogen-bond acceptors (Lipinski definition) is 3. The molecule has 0 saturated heterocycles. The smallest absolute Gasteiger partial charge is 0.354 e. The zero-order valence-electron chi connectivity index (χ0n) is 14.5. The Morgan fingerprint density at radius 1 is 1.35 bits per heavy atom. The Kier molecular flexibility index (Phi) is 5.17. The molecule has 0 spiro atoms. The van der Waals surface area contributed by atoms with Gasteiger partial charge in [-0.3, -0.25) is 4.99 Å². The van der Waals surface area contributed by atoms with Crippen molar-refractivity contribution in [1.82, 2.24) is 4.98 Å². The van der Waals surface area contributed by atoms with Crippen molar-refractivity contribution in [3.05, 3.63) is 75.0 Å². The van der Waals surface area contributed by atoms with Gasteiger partial charge in [0.15, 0.2) is 5.69 Å². The van der Waals surface area contributed by atoms with Crippen LogP contribution in [-0.4, -0.2) is 27.3 Å². The number of aryl methyl sites for hydroxylation is 1. The molecule has 0 saturated carbocycles. The van der Waals surface area contributed by atoms with Crippen molar-refractivity contribution in [2.75, 3.05) is 0 Å². The van der Waals surface area contributed by atoms with Crippen LogP contribution in [-0.2, 0) is 6.42 Å². The van der Waals surface area contributed by atoms with Gasteiger partial charge in [-0.05, 0) is 43.9 Å². The molecule has 134 valence electrons. The lowest BCUT2D eigenvalue weighted by Gasteiger charge is -2.32. The first-order valence-corrected chi connectivity index (χ1v) is 8.94. The van der Waals surface area contributed by atoms with Gasteiger partial charge in [0, 0.05) is 17.3 Å². The number of carbonyl (C=O) groups is 1. The molecule has 6 heteroatoms. The second-order valence-electron chi connectivity index (χ2n) is 6.68. The van der Waals surface area contributed by atoms with Crippen LogP contribution >= 0.6 is 23.2 Å². The number of carboxylic acids is 1. The first-order chi connectivity index (χ1) is 12.3. The molecule has 0 aliphatic carbocycles. The number of aliphatic imine (C=N–C) groups is 1. The van der Waals surface area contributed by atoms with E-state index in [0.717, 1.165) is 23.3 Å². The van der Waals surface area contributed by atoms with E-state index in [1.165, 1.54) is 5.56 Å². The van der Waals surface area contributed by atoms with Crippen LogP contribution in [0.5, 0.6) is 0 Å². The van der Waals surface area contributed by atoms with Crippen molar-refractivity contribution >= 4 is 34.9 Å². The van der Waals surface area contributed by atoms with Crippen LogP contribution in [0.2, 0.25) is 0 Å². The van der Waals surface area contributed by atoms with Gasteiger partial charge in [0.05, 0.1) is 11.3 Å². The van der Waals surface area contributed by atoms with Crippen LogP contribution < -0.4 is 0 Å². The number of aromatic nitrogens is 1. The van der Waals surface area contributed by atoms with Gasteiger partial charge in [0.2, 0.25) is 0 Å². The number of hydrogen-bond donors (Lipinski definition) is 1. The summed E-state index contributed by atoms with van der Waals surface area (Å²) in [4.78, 5) is 20.3. The number of aromatic carboxylic acids is 1. The Labute approximate surface area is 162 Å². The molecule has 1 aliphatic rings. The molecule has 1 aromatic carbocycles. The molecular formula is C20H18Cl2N2O2. The second kappa shape index (κ2) is 7.22. The number of nitrogens with zero attached hydrogens (tertiary/aromatic N) is 2. The fourth-order valence-electron chi connectivity index (χ4n) is 3.25. The van der Waals surface area contributed by atoms with Gasteiger partial charge >= 0.3 is 5.97 Å². The summed E-state index contributed by atoms with van der Waals surface area (Å²) in [6.45, 7) is 3.80. The van der Waals surface area contributed by atoms with Gasteiger partial charge in [0.1, 0.15) is 4.49 Å². The largest absolute Gasteiger partial charge is 0.477 e. The summed E-state index contributed by atoms with van der Waals surface area (Å²) in [5, 5.41) is 9.21. The SMILES string of the molecule is Cc1cc(C2=NC(C)(CC=C(Cl)Cl)Cc3ccccc32)cnc1C(=O)O. The average molecular weight is 389 g/mol. The van der Waals surface area contributed by atoms with Gasteiger partial charge in [-0.25, -0.2) is 9.78 Å². The standard InChI is InChI=1S/C20H18Cl2N2O2/c1-12-9-14(11-23-17(12)19(25)26)18-15-6-4-3-5-13(15)10-20(2,24-18)8-7-16(21)22/h3-7,9,11H,8,10H2,1-2H3,(H,25,26). The van der Waals surface area contributed by atoms with Gasteiger partial charge < -0.3 is 5.11 Å². The highest BCUT2D eigenvalue weighted by Crippen LogP contribution is 2.33. The summed E-state index contributed by atoms with van der Waals surface area (Å²) in [5.41, 5.74) is 4.09.